The third kappa shape index (κ3) is 5.82. The zero-order valence-electron chi connectivity index (χ0n) is 20.3. The highest BCUT2D eigenvalue weighted by atomic mass is 19.1. The Balaban J connectivity index is 1.67. The Morgan fingerprint density at radius 2 is 1.83 bits per heavy atom. The fourth-order valence-electron chi connectivity index (χ4n) is 3.86. The van der Waals surface area contributed by atoms with E-state index >= 15 is 0 Å². The Morgan fingerprint density at radius 3 is 2.49 bits per heavy atom. The lowest BCUT2D eigenvalue weighted by Gasteiger charge is -2.19. The molecule has 4 aromatic rings. The predicted octanol–water partition coefficient (Wildman–Crippen LogP) is 5.54. The minimum atomic E-state index is -0.528. The van der Waals surface area contributed by atoms with E-state index in [0.717, 1.165) is 5.56 Å². The molecule has 0 amide bonds. The number of rotatable bonds is 7. The number of hydrogen-bond acceptors (Lipinski definition) is 6. The summed E-state index contributed by atoms with van der Waals surface area (Å²) in [5, 5.41) is 4.49. The van der Waals surface area contributed by atoms with E-state index in [0.29, 0.717) is 53.1 Å². The van der Waals surface area contributed by atoms with Crippen LogP contribution in [0.1, 0.15) is 51.6 Å². The summed E-state index contributed by atoms with van der Waals surface area (Å²) in [7, 11) is 0. The SMILES string of the molecule is Cc1cc(-c2ccc3c(=O)n(-c4ccc(F)cc4)c(CCCCC(=O)OC(C)(C)C)nc3c2)no1. The van der Waals surface area contributed by atoms with Crippen molar-refractivity contribution >= 4 is 16.9 Å². The quantitative estimate of drug-likeness (QED) is 0.256. The van der Waals surface area contributed by atoms with Gasteiger partial charge in [0.25, 0.3) is 5.56 Å². The normalized spacial score (nSPS) is 11.7. The molecule has 0 aliphatic heterocycles. The molecule has 0 spiro atoms. The van der Waals surface area contributed by atoms with Crippen LogP contribution in [0, 0.1) is 12.7 Å². The van der Waals surface area contributed by atoms with Crippen LogP contribution in [-0.2, 0) is 16.0 Å². The molecule has 0 aliphatic carbocycles. The molecule has 0 bridgehead atoms. The van der Waals surface area contributed by atoms with Crippen LogP contribution in [0.5, 0.6) is 0 Å². The molecule has 0 radical (unpaired) electrons. The first-order chi connectivity index (χ1) is 16.6. The van der Waals surface area contributed by atoms with Gasteiger partial charge in [0.15, 0.2) is 0 Å². The Labute approximate surface area is 202 Å². The fraction of sp³-hybridized carbons (Fsp3) is 0.333. The summed E-state index contributed by atoms with van der Waals surface area (Å²) in [6, 6.07) is 12.9. The van der Waals surface area contributed by atoms with Gasteiger partial charge in [-0.25, -0.2) is 9.37 Å². The van der Waals surface area contributed by atoms with E-state index in [2.05, 4.69) is 5.16 Å². The van der Waals surface area contributed by atoms with Crippen LogP contribution in [-0.4, -0.2) is 26.3 Å². The van der Waals surface area contributed by atoms with E-state index in [4.69, 9.17) is 14.2 Å². The van der Waals surface area contributed by atoms with E-state index in [1.807, 2.05) is 39.8 Å². The number of unbranched alkanes of at least 4 members (excludes halogenated alkanes) is 1. The maximum Gasteiger partial charge on any atom is 0.306 e. The predicted molar refractivity (Wildman–Crippen MR) is 131 cm³/mol. The van der Waals surface area contributed by atoms with Crippen molar-refractivity contribution in [2.75, 3.05) is 0 Å². The van der Waals surface area contributed by atoms with Crippen LogP contribution in [0.15, 0.2) is 57.8 Å². The smallest absolute Gasteiger partial charge is 0.306 e. The van der Waals surface area contributed by atoms with Gasteiger partial charge in [0.1, 0.15) is 28.7 Å². The van der Waals surface area contributed by atoms with E-state index in [9.17, 15) is 14.0 Å². The number of aromatic nitrogens is 3. The molecule has 8 heteroatoms. The van der Waals surface area contributed by atoms with Crippen LogP contribution < -0.4 is 5.56 Å². The average molecular weight is 478 g/mol. The molecule has 0 saturated heterocycles. The molecule has 35 heavy (non-hydrogen) atoms. The van der Waals surface area contributed by atoms with Gasteiger partial charge >= 0.3 is 5.97 Å². The van der Waals surface area contributed by atoms with Crippen molar-refractivity contribution < 1.29 is 18.4 Å². The van der Waals surface area contributed by atoms with Crippen LogP contribution in [0.3, 0.4) is 0 Å². The van der Waals surface area contributed by atoms with Crippen molar-refractivity contribution in [3.05, 3.63) is 76.3 Å². The monoisotopic (exact) mass is 477 g/mol. The highest BCUT2D eigenvalue weighted by Crippen LogP contribution is 2.23. The third-order valence-electron chi connectivity index (χ3n) is 5.40. The number of esters is 1. The van der Waals surface area contributed by atoms with Gasteiger partial charge in [-0.1, -0.05) is 11.2 Å². The molecular formula is C27H28FN3O4. The summed E-state index contributed by atoms with van der Waals surface area (Å²) in [6.45, 7) is 7.31. The van der Waals surface area contributed by atoms with Crippen molar-refractivity contribution in [2.45, 2.75) is 59.0 Å². The van der Waals surface area contributed by atoms with Gasteiger partial charge in [-0.15, -0.1) is 0 Å². The minimum absolute atomic E-state index is 0.244. The standard InChI is InChI=1S/C27H28FN3O4/c1-17-15-22(30-35-17)18-9-14-21-23(16-18)29-24(7-5-6-8-25(32)34-27(2,3)4)31(26(21)33)20-12-10-19(28)11-13-20/h9-16H,5-8H2,1-4H3. The zero-order valence-corrected chi connectivity index (χ0v) is 20.3. The lowest BCUT2D eigenvalue weighted by molar-refractivity contribution is -0.154. The average Bonchev–Trinajstić information content (AvgIpc) is 3.22. The molecule has 0 unspecified atom stereocenters. The number of fused-ring (bicyclic) bond motifs is 1. The van der Waals surface area contributed by atoms with Crippen LogP contribution in [0.25, 0.3) is 27.8 Å². The minimum Gasteiger partial charge on any atom is -0.460 e. The van der Waals surface area contributed by atoms with E-state index in [-0.39, 0.29) is 23.8 Å². The topological polar surface area (TPSA) is 87.2 Å². The lowest BCUT2D eigenvalue weighted by atomic mass is 10.1. The second-order valence-corrected chi connectivity index (χ2v) is 9.49. The number of carbonyl (C=O) groups is 1. The molecule has 2 aromatic heterocycles. The fourth-order valence-corrected chi connectivity index (χ4v) is 3.86. The highest BCUT2D eigenvalue weighted by Gasteiger charge is 2.17. The molecule has 182 valence electrons. The molecule has 0 atom stereocenters. The van der Waals surface area contributed by atoms with Crippen molar-refractivity contribution in [3.63, 3.8) is 0 Å². The maximum absolute atomic E-state index is 13.5. The first-order valence-corrected chi connectivity index (χ1v) is 11.6. The summed E-state index contributed by atoms with van der Waals surface area (Å²) in [6.07, 6.45) is 1.95. The number of carbonyl (C=O) groups excluding carboxylic acids is 1. The van der Waals surface area contributed by atoms with Gasteiger partial charge in [0.2, 0.25) is 0 Å². The molecule has 0 saturated carbocycles. The van der Waals surface area contributed by atoms with E-state index in [1.165, 1.54) is 16.7 Å². The van der Waals surface area contributed by atoms with Crippen LogP contribution in [0.4, 0.5) is 4.39 Å². The Kier molecular flexibility index (Phi) is 6.82. The molecule has 7 nitrogen and oxygen atoms in total. The molecule has 0 fully saturated rings. The van der Waals surface area contributed by atoms with Gasteiger partial charge in [0, 0.05) is 24.5 Å². The first kappa shape index (κ1) is 24.3. The summed E-state index contributed by atoms with van der Waals surface area (Å²) in [4.78, 5) is 30.4. The maximum atomic E-state index is 13.5. The summed E-state index contributed by atoms with van der Waals surface area (Å²) >= 11 is 0. The molecule has 4 rings (SSSR count). The van der Waals surface area contributed by atoms with Crippen LogP contribution in [0.2, 0.25) is 0 Å². The summed E-state index contributed by atoms with van der Waals surface area (Å²) in [5.41, 5.74) is 1.74. The van der Waals surface area contributed by atoms with Gasteiger partial charge in [-0.2, -0.15) is 0 Å². The summed E-state index contributed by atoms with van der Waals surface area (Å²) in [5.74, 6) is 0.576. The molecule has 2 heterocycles. The molecule has 0 N–H and O–H groups in total. The van der Waals surface area contributed by atoms with Crippen molar-refractivity contribution in [1.29, 1.82) is 0 Å². The van der Waals surface area contributed by atoms with Crippen molar-refractivity contribution in [3.8, 4) is 16.9 Å². The number of aryl methyl sites for hydroxylation is 2. The third-order valence-corrected chi connectivity index (χ3v) is 5.40. The van der Waals surface area contributed by atoms with E-state index < -0.39 is 5.60 Å². The van der Waals surface area contributed by atoms with Crippen molar-refractivity contribution in [1.82, 2.24) is 14.7 Å². The molecular weight excluding hydrogens is 449 g/mol. The van der Waals surface area contributed by atoms with Gasteiger partial charge in [0.05, 0.1) is 16.6 Å². The molecule has 2 aromatic carbocycles. The van der Waals surface area contributed by atoms with E-state index in [1.54, 1.807) is 24.3 Å². The molecule has 0 aliphatic rings. The van der Waals surface area contributed by atoms with Crippen LogP contribution >= 0.6 is 0 Å². The number of halogens is 1. The summed E-state index contributed by atoms with van der Waals surface area (Å²) < 4.78 is 25.6. The number of benzene rings is 2. The van der Waals surface area contributed by atoms with Gasteiger partial charge in [-0.3, -0.25) is 14.2 Å². The van der Waals surface area contributed by atoms with Gasteiger partial charge < -0.3 is 9.26 Å². The second-order valence-electron chi connectivity index (χ2n) is 9.49. The Morgan fingerprint density at radius 1 is 1.09 bits per heavy atom. The second kappa shape index (κ2) is 9.82. The Hall–Kier alpha value is -3.81. The van der Waals surface area contributed by atoms with Crippen molar-refractivity contribution in [2.24, 2.45) is 0 Å². The number of ether oxygens (including phenoxy) is 1. The zero-order chi connectivity index (χ0) is 25.2. The van der Waals surface area contributed by atoms with Gasteiger partial charge in [-0.05, 0) is 76.9 Å². The number of hydrogen-bond donors (Lipinski definition) is 0. The Bertz CT molecular complexity index is 1420. The first-order valence-electron chi connectivity index (χ1n) is 11.6. The highest BCUT2D eigenvalue weighted by molar-refractivity contribution is 5.83. The number of nitrogens with zero attached hydrogens (tertiary/aromatic N) is 3. The largest absolute Gasteiger partial charge is 0.460 e. The lowest BCUT2D eigenvalue weighted by Crippen LogP contribution is -2.24.